The Hall–Kier alpha value is -1.58. The van der Waals surface area contributed by atoms with Crippen LogP contribution < -0.4 is 0 Å². The molecule has 17 heavy (non-hydrogen) atoms. The Morgan fingerprint density at radius 2 is 2.00 bits per heavy atom. The van der Waals surface area contributed by atoms with E-state index in [2.05, 4.69) is 18.8 Å². The molecule has 92 valence electrons. The molecule has 1 aliphatic rings. The largest absolute Gasteiger partial charge is 0.464 e. The summed E-state index contributed by atoms with van der Waals surface area (Å²) in [7, 11) is 1.34. The first-order valence-corrected chi connectivity index (χ1v) is 5.68. The van der Waals surface area contributed by atoms with E-state index in [0.717, 1.165) is 12.1 Å². The van der Waals surface area contributed by atoms with Crippen molar-refractivity contribution in [2.75, 3.05) is 7.11 Å². The average molecular weight is 235 g/mol. The third kappa shape index (κ3) is 1.88. The van der Waals surface area contributed by atoms with E-state index in [1.54, 1.807) is 6.92 Å². The maximum Gasteiger partial charge on any atom is 0.354 e. The van der Waals surface area contributed by atoms with E-state index >= 15 is 0 Å². The highest BCUT2D eigenvalue weighted by Gasteiger charge is 2.35. The lowest BCUT2D eigenvalue weighted by atomic mass is 9.75. The summed E-state index contributed by atoms with van der Waals surface area (Å²) in [6.07, 6.45) is 1.31. The number of methoxy groups -OCH3 is 1. The topological polar surface area (TPSA) is 59.2 Å². The van der Waals surface area contributed by atoms with Gasteiger partial charge in [0.25, 0.3) is 0 Å². The number of H-pyrrole nitrogens is 1. The van der Waals surface area contributed by atoms with Crippen molar-refractivity contribution in [2.24, 2.45) is 5.41 Å². The fourth-order valence-electron chi connectivity index (χ4n) is 2.54. The number of ketones is 1. The van der Waals surface area contributed by atoms with Gasteiger partial charge < -0.3 is 9.72 Å². The molecule has 1 aromatic rings. The third-order valence-corrected chi connectivity index (χ3v) is 3.29. The monoisotopic (exact) mass is 235 g/mol. The van der Waals surface area contributed by atoms with E-state index < -0.39 is 5.97 Å². The molecule has 0 saturated heterocycles. The Labute approximate surface area is 100 Å². The van der Waals surface area contributed by atoms with Crippen LogP contribution in [-0.4, -0.2) is 23.8 Å². The van der Waals surface area contributed by atoms with Gasteiger partial charge in [0, 0.05) is 17.7 Å². The number of fused-ring (bicyclic) bond motifs is 1. The Kier molecular flexibility index (Phi) is 2.60. The van der Waals surface area contributed by atoms with Gasteiger partial charge in [0.1, 0.15) is 5.69 Å². The van der Waals surface area contributed by atoms with Crippen molar-refractivity contribution < 1.29 is 14.3 Å². The molecule has 0 atom stereocenters. The summed E-state index contributed by atoms with van der Waals surface area (Å²) in [5.74, 6) is -0.303. The minimum absolute atomic E-state index is 0.0469. The number of ether oxygens (including phenoxy) is 1. The Bertz CT molecular complexity index is 497. The van der Waals surface area contributed by atoms with Crippen LogP contribution in [0, 0.1) is 12.3 Å². The van der Waals surface area contributed by atoms with Gasteiger partial charge in [-0.05, 0) is 24.3 Å². The van der Waals surface area contributed by atoms with Gasteiger partial charge in [0.15, 0.2) is 5.78 Å². The number of nitrogens with one attached hydrogen (secondary N) is 1. The van der Waals surface area contributed by atoms with Gasteiger partial charge in [0.2, 0.25) is 0 Å². The average Bonchev–Trinajstić information content (AvgIpc) is 2.52. The van der Waals surface area contributed by atoms with Gasteiger partial charge in [-0.3, -0.25) is 4.79 Å². The van der Waals surface area contributed by atoms with Crippen LogP contribution >= 0.6 is 0 Å². The molecule has 4 nitrogen and oxygen atoms in total. The van der Waals surface area contributed by atoms with Gasteiger partial charge in [-0.1, -0.05) is 13.8 Å². The molecule has 0 aromatic carbocycles. The first kappa shape index (κ1) is 11.9. The van der Waals surface area contributed by atoms with Crippen molar-refractivity contribution >= 4 is 11.8 Å². The molecule has 2 rings (SSSR count). The van der Waals surface area contributed by atoms with Gasteiger partial charge >= 0.3 is 5.97 Å². The second-order valence-corrected chi connectivity index (χ2v) is 5.41. The smallest absolute Gasteiger partial charge is 0.354 e. The lowest BCUT2D eigenvalue weighted by Crippen LogP contribution is -2.26. The molecule has 0 amide bonds. The summed E-state index contributed by atoms with van der Waals surface area (Å²) in [5, 5.41) is 0. The number of aromatic nitrogens is 1. The van der Waals surface area contributed by atoms with Crippen LogP contribution in [0.5, 0.6) is 0 Å². The number of Topliss-reactive ketones (excluding diaryl/α,β-unsaturated/α-hetero) is 1. The molecular formula is C13H17NO3. The number of hydrogen-bond acceptors (Lipinski definition) is 3. The van der Waals surface area contributed by atoms with Crippen LogP contribution in [0.15, 0.2) is 0 Å². The van der Waals surface area contributed by atoms with E-state index in [0.29, 0.717) is 23.2 Å². The van der Waals surface area contributed by atoms with Gasteiger partial charge in [0.05, 0.1) is 7.11 Å². The van der Waals surface area contributed by atoms with Gasteiger partial charge in [-0.2, -0.15) is 0 Å². The fraction of sp³-hybridized carbons (Fsp3) is 0.538. The van der Waals surface area contributed by atoms with Crippen LogP contribution in [-0.2, 0) is 11.2 Å². The summed E-state index contributed by atoms with van der Waals surface area (Å²) >= 11 is 0. The molecule has 1 heterocycles. The number of aromatic amines is 1. The summed E-state index contributed by atoms with van der Waals surface area (Å²) in [4.78, 5) is 26.7. The van der Waals surface area contributed by atoms with Crippen molar-refractivity contribution in [3.8, 4) is 0 Å². The maximum atomic E-state index is 12.1. The van der Waals surface area contributed by atoms with Crippen LogP contribution in [0.4, 0.5) is 0 Å². The van der Waals surface area contributed by atoms with Crippen molar-refractivity contribution in [2.45, 2.75) is 33.6 Å². The van der Waals surface area contributed by atoms with Crippen LogP contribution in [0.1, 0.15) is 52.4 Å². The van der Waals surface area contributed by atoms with Crippen LogP contribution in [0.3, 0.4) is 0 Å². The Morgan fingerprint density at radius 3 is 2.59 bits per heavy atom. The fourth-order valence-corrected chi connectivity index (χ4v) is 2.54. The van der Waals surface area contributed by atoms with Crippen molar-refractivity contribution in [3.05, 3.63) is 22.5 Å². The SMILES string of the molecule is COC(=O)c1[nH]c2c(c1C)C(=O)CC(C)(C)C2. The van der Waals surface area contributed by atoms with E-state index in [1.165, 1.54) is 7.11 Å². The third-order valence-electron chi connectivity index (χ3n) is 3.29. The molecule has 1 N–H and O–H groups in total. The summed E-state index contributed by atoms with van der Waals surface area (Å²) in [6.45, 7) is 5.90. The molecule has 0 fully saturated rings. The predicted molar refractivity (Wildman–Crippen MR) is 63.3 cm³/mol. The molecule has 0 saturated carbocycles. The Morgan fingerprint density at radius 1 is 1.35 bits per heavy atom. The number of esters is 1. The summed E-state index contributed by atoms with van der Waals surface area (Å²) < 4.78 is 4.70. The van der Waals surface area contributed by atoms with E-state index in [4.69, 9.17) is 4.74 Å². The first-order valence-electron chi connectivity index (χ1n) is 5.68. The maximum absolute atomic E-state index is 12.1. The molecule has 0 bridgehead atoms. The van der Waals surface area contributed by atoms with E-state index in [-0.39, 0.29) is 11.2 Å². The zero-order valence-corrected chi connectivity index (χ0v) is 10.6. The van der Waals surface area contributed by atoms with Crippen molar-refractivity contribution in [1.29, 1.82) is 0 Å². The quantitative estimate of drug-likeness (QED) is 0.759. The van der Waals surface area contributed by atoms with Gasteiger partial charge in [-0.25, -0.2) is 4.79 Å². The van der Waals surface area contributed by atoms with E-state index in [9.17, 15) is 9.59 Å². The summed E-state index contributed by atoms with van der Waals surface area (Å²) in [6, 6.07) is 0. The van der Waals surface area contributed by atoms with Crippen LogP contribution in [0.2, 0.25) is 0 Å². The second kappa shape index (κ2) is 3.72. The first-order chi connectivity index (χ1) is 7.85. The lowest BCUT2D eigenvalue weighted by molar-refractivity contribution is 0.0593. The lowest BCUT2D eigenvalue weighted by Gasteiger charge is -2.28. The molecule has 1 aromatic heterocycles. The number of carbonyl (C=O) groups is 2. The molecule has 0 spiro atoms. The number of hydrogen-bond donors (Lipinski definition) is 1. The zero-order chi connectivity index (χ0) is 12.8. The molecular weight excluding hydrogens is 218 g/mol. The predicted octanol–water partition coefficient (Wildman–Crippen LogP) is 2.26. The van der Waals surface area contributed by atoms with Crippen LogP contribution in [0.25, 0.3) is 0 Å². The molecule has 4 heteroatoms. The minimum atomic E-state index is -0.414. The summed E-state index contributed by atoms with van der Waals surface area (Å²) in [5.41, 5.74) is 2.62. The number of rotatable bonds is 1. The highest BCUT2D eigenvalue weighted by molar-refractivity contribution is 6.03. The highest BCUT2D eigenvalue weighted by atomic mass is 16.5. The normalized spacial score (nSPS) is 17.8. The molecule has 0 aliphatic heterocycles. The molecule has 1 aliphatic carbocycles. The van der Waals surface area contributed by atoms with Crippen molar-refractivity contribution in [3.63, 3.8) is 0 Å². The van der Waals surface area contributed by atoms with Crippen molar-refractivity contribution in [1.82, 2.24) is 4.98 Å². The zero-order valence-electron chi connectivity index (χ0n) is 10.6. The highest BCUT2D eigenvalue weighted by Crippen LogP contribution is 2.36. The van der Waals surface area contributed by atoms with E-state index in [1.807, 2.05) is 0 Å². The molecule has 0 unspecified atom stereocenters. The minimum Gasteiger partial charge on any atom is -0.464 e. The molecule has 0 radical (unpaired) electrons. The second-order valence-electron chi connectivity index (χ2n) is 5.41. The number of carbonyl (C=O) groups excluding carboxylic acids is 2. The van der Waals surface area contributed by atoms with Gasteiger partial charge in [-0.15, -0.1) is 0 Å². The standard InChI is InChI=1S/C13H17NO3/c1-7-10-8(14-11(7)12(16)17-4)5-13(2,3)6-9(10)15/h14H,5-6H2,1-4H3. The Balaban J connectivity index is 2.53.